The number of hydrogen-bond donors (Lipinski definition) is 2. The van der Waals surface area contributed by atoms with E-state index in [1.165, 1.54) is 24.2 Å². The number of carbonyl (C=O) groups is 1. The number of benzene rings is 1. The van der Waals surface area contributed by atoms with Gasteiger partial charge in [-0.3, -0.25) is 4.79 Å². The first-order valence-corrected chi connectivity index (χ1v) is 10.9. The van der Waals surface area contributed by atoms with Crippen molar-refractivity contribution in [3.05, 3.63) is 53.5 Å². The molecular formula is C21H21F3N4O2S. The van der Waals surface area contributed by atoms with Crippen molar-refractivity contribution in [2.75, 3.05) is 18.8 Å². The molecule has 0 saturated carbocycles. The predicted octanol–water partition coefficient (Wildman–Crippen LogP) is 3.48. The fourth-order valence-electron chi connectivity index (χ4n) is 3.59. The molecule has 0 aliphatic carbocycles. The maximum absolute atomic E-state index is 14.4. The molecule has 1 fully saturated rings. The zero-order chi connectivity index (χ0) is 21.8. The Kier molecular flexibility index (Phi) is 6.59. The van der Waals surface area contributed by atoms with Crippen LogP contribution in [0.4, 0.5) is 13.2 Å². The maximum Gasteiger partial charge on any atom is 0.275 e. The molecule has 2 atom stereocenters. The van der Waals surface area contributed by atoms with E-state index in [1.807, 2.05) is 0 Å². The van der Waals surface area contributed by atoms with Crippen molar-refractivity contribution in [2.45, 2.75) is 31.1 Å². The first-order valence-electron chi connectivity index (χ1n) is 9.96. The third kappa shape index (κ3) is 4.91. The van der Waals surface area contributed by atoms with Crippen LogP contribution >= 0.6 is 11.9 Å². The highest BCUT2D eigenvalue weighted by molar-refractivity contribution is 7.98. The molecule has 2 aliphatic heterocycles. The molecule has 0 radical (unpaired) electrons. The fourth-order valence-corrected chi connectivity index (χ4v) is 4.32. The minimum absolute atomic E-state index is 0.0999. The Morgan fingerprint density at radius 1 is 1.13 bits per heavy atom. The van der Waals surface area contributed by atoms with E-state index in [4.69, 9.17) is 4.74 Å². The molecule has 3 heterocycles. The number of pyridine rings is 1. The first kappa shape index (κ1) is 21.8. The molecule has 2 aromatic rings. The Morgan fingerprint density at radius 2 is 1.94 bits per heavy atom. The van der Waals surface area contributed by atoms with Crippen molar-refractivity contribution in [2.24, 2.45) is 4.40 Å². The molecule has 2 aliphatic rings. The molecule has 2 N–H and O–H groups in total. The summed E-state index contributed by atoms with van der Waals surface area (Å²) < 4.78 is 53.0. The average Bonchev–Trinajstić information content (AvgIpc) is 3.03. The lowest BCUT2D eigenvalue weighted by Gasteiger charge is -2.31. The number of halogens is 3. The van der Waals surface area contributed by atoms with Gasteiger partial charge in [-0.05, 0) is 68.6 Å². The molecule has 1 saturated heterocycles. The SMILES string of the molecule is O=C(NC1(OC2CCCNCC2)C=NSC1)c1nc(-c2c(F)cccc2F)ccc1F. The van der Waals surface area contributed by atoms with E-state index in [9.17, 15) is 18.0 Å². The van der Waals surface area contributed by atoms with Crippen LogP contribution in [0.5, 0.6) is 0 Å². The predicted molar refractivity (Wildman–Crippen MR) is 112 cm³/mol. The Bertz CT molecular complexity index is 978. The molecular weight excluding hydrogens is 429 g/mol. The smallest absolute Gasteiger partial charge is 0.275 e. The van der Waals surface area contributed by atoms with E-state index in [0.717, 1.165) is 56.6 Å². The fraction of sp³-hybridized carbons (Fsp3) is 0.381. The quantitative estimate of drug-likeness (QED) is 0.539. The maximum atomic E-state index is 14.4. The lowest BCUT2D eigenvalue weighted by molar-refractivity contribution is -0.0512. The van der Waals surface area contributed by atoms with Gasteiger partial charge in [-0.25, -0.2) is 22.6 Å². The van der Waals surface area contributed by atoms with Gasteiger partial charge in [0.1, 0.15) is 11.6 Å². The molecule has 6 nitrogen and oxygen atoms in total. The summed E-state index contributed by atoms with van der Waals surface area (Å²) in [6.07, 6.45) is 3.91. The summed E-state index contributed by atoms with van der Waals surface area (Å²) >= 11 is 1.22. The molecule has 0 bridgehead atoms. The third-order valence-electron chi connectivity index (χ3n) is 5.12. The largest absolute Gasteiger partial charge is 0.346 e. The van der Waals surface area contributed by atoms with Crippen molar-refractivity contribution >= 4 is 24.1 Å². The van der Waals surface area contributed by atoms with Gasteiger partial charge < -0.3 is 15.4 Å². The summed E-state index contributed by atoms with van der Waals surface area (Å²) in [7, 11) is 0. The van der Waals surface area contributed by atoms with E-state index in [0.29, 0.717) is 5.75 Å². The van der Waals surface area contributed by atoms with Gasteiger partial charge in [-0.15, -0.1) is 0 Å². The van der Waals surface area contributed by atoms with Crippen LogP contribution in [-0.4, -0.2) is 47.8 Å². The number of ether oxygens (including phenoxy) is 1. The Hall–Kier alpha value is -2.43. The van der Waals surface area contributed by atoms with Crippen LogP contribution in [0.15, 0.2) is 34.7 Å². The van der Waals surface area contributed by atoms with Gasteiger partial charge in [-0.2, -0.15) is 0 Å². The highest BCUT2D eigenvalue weighted by Gasteiger charge is 2.38. The summed E-state index contributed by atoms with van der Waals surface area (Å²) in [5.41, 5.74) is -2.38. The van der Waals surface area contributed by atoms with Gasteiger partial charge in [0.25, 0.3) is 5.91 Å². The van der Waals surface area contributed by atoms with Crippen molar-refractivity contribution in [1.29, 1.82) is 0 Å². The van der Waals surface area contributed by atoms with Gasteiger partial charge in [-0.1, -0.05) is 6.07 Å². The van der Waals surface area contributed by atoms with E-state index in [2.05, 4.69) is 20.0 Å². The third-order valence-corrected chi connectivity index (χ3v) is 5.93. The summed E-state index contributed by atoms with van der Waals surface area (Å²) in [4.78, 5) is 16.8. The second-order valence-corrected chi connectivity index (χ2v) is 8.15. The van der Waals surface area contributed by atoms with Crippen LogP contribution in [0.2, 0.25) is 0 Å². The van der Waals surface area contributed by atoms with Crippen molar-refractivity contribution in [1.82, 2.24) is 15.6 Å². The molecule has 0 spiro atoms. The van der Waals surface area contributed by atoms with Gasteiger partial charge in [0.2, 0.25) is 0 Å². The van der Waals surface area contributed by atoms with Crippen LogP contribution in [0.25, 0.3) is 11.3 Å². The number of aromatic nitrogens is 1. The summed E-state index contributed by atoms with van der Waals surface area (Å²) in [6, 6.07) is 5.45. The lowest BCUT2D eigenvalue weighted by Crippen LogP contribution is -2.54. The average molecular weight is 450 g/mol. The second-order valence-electron chi connectivity index (χ2n) is 7.40. The van der Waals surface area contributed by atoms with Gasteiger partial charge >= 0.3 is 0 Å². The molecule has 1 aromatic carbocycles. The van der Waals surface area contributed by atoms with E-state index < -0.39 is 40.3 Å². The molecule has 164 valence electrons. The number of nitrogens with zero attached hydrogens (tertiary/aromatic N) is 2. The van der Waals surface area contributed by atoms with Gasteiger partial charge in [0, 0.05) is 0 Å². The van der Waals surface area contributed by atoms with Crippen molar-refractivity contribution in [3.8, 4) is 11.3 Å². The zero-order valence-electron chi connectivity index (χ0n) is 16.5. The van der Waals surface area contributed by atoms with Crippen LogP contribution in [0.3, 0.4) is 0 Å². The summed E-state index contributed by atoms with van der Waals surface area (Å²) in [5.74, 6) is -3.14. The van der Waals surface area contributed by atoms with E-state index in [-0.39, 0.29) is 11.8 Å². The topological polar surface area (TPSA) is 75.6 Å². The van der Waals surface area contributed by atoms with Crippen LogP contribution < -0.4 is 10.6 Å². The molecule has 1 aromatic heterocycles. The zero-order valence-corrected chi connectivity index (χ0v) is 17.4. The summed E-state index contributed by atoms with van der Waals surface area (Å²) in [6.45, 7) is 1.70. The number of carbonyl (C=O) groups excluding carboxylic acids is 1. The Morgan fingerprint density at radius 3 is 2.68 bits per heavy atom. The van der Waals surface area contributed by atoms with Crippen molar-refractivity contribution < 1.29 is 22.7 Å². The molecule has 1 amide bonds. The Labute approximate surface area is 181 Å². The van der Waals surface area contributed by atoms with Gasteiger partial charge in [0.05, 0.1) is 29.3 Å². The number of rotatable bonds is 5. The van der Waals surface area contributed by atoms with Gasteiger partial charge in [0.15, 0.2) is 17.2 Å². The molecule has 4 rings (SSSR count). The Balaban J connectivity index is 1.59. The van der Waals surface area contributed by atoms with Crippen LogP contribution in [0.1, 0.15) is 29.8 Å². The monoisotopic (exact) mass is 450 g/mol. The minimum Gasteiger partial charge on any atom is -0.346 e. The molecule has 2 unspecified atom stereocenters. The molecule has 10 heteroatoms. The lowest BCUT2D eigenvalue weighted by atomic mass is 10.1. The van der Waals surface area contributed by atoms with Crippen LogP contribution in [0, 0.1) is 17.5 Å². The van der Waals surface area contributed by atoms with E-state index >= 15 is 0 Å². The van der Waals surface area contributed by atoms with Crippen LogP contribution in [-0.2, 0) is 4.74 Å². The number of nitrogens with one attached hydrogen (secondary N) is 2. The van der Waals surface area contributed by atoms with E-state index in [1.54, 1.807) is 0 Å². The second kappa shape index (κ2) is 9.37. The van der Waals surface area contributed by atoms with Crippen molar-refractivity contribution in [3.63, 3.8) is 0 Å². The number of amides is 1. The standard InChI is InChI=1S/C21H21F3N4O2S/c22-14-4-1-5-15(23)18(14)17-7-6-16(24)19(27-17)20(29)28-21(11-26-31-12-21)30-13-3-2-9-25-10-8-13/h1,4-7,11,13,25H,2-3,8-10,12H2,(H,28,29). The highest BCUT2D eigenvalue weighted by Crippen LogP contribution is 2.28. The number of hydrogen-bond acceptors (Lipinski definition) is 6. The highest BCUT2D eigenvalue weighted by atomic mass is 32.2. The minimum atomic E-state index is -1.20. The summed E-state index contributed by atoms with van der Waals surface area (Å²) in [5, 5.41) is 5.98. The normalized spacial score (nSPS) is 23.5. The first-order chi connectivity index (χ1) is 15.0. The molecule has 31 heavy (non-hydrogen) atoms.